The van der Waals surface area contributed by atoms with E-state index in [9.17, 15) is 14.7 Å². The van der Waals surface area contributed by atoms with Gasteiger partial charge in [-0.3, -0.25) is 4.90 Å². The Kier molecular flexibility index (Phi) is 7.91. The molecule has 0 aliphatic rings. The van der Waals surface area contributed by atoms with Crippen molar-refractivity contribution in [1.82, 2.24) is 4.90 Å². The molecule has 0 saturated heterocycles. The van der Waals surface area contributed by atoms with Crippen LogP contribution in [0.3, 0.4) is 0 Å². The number of carboxylic acids is 1. The number of aliphatic carboxylic acids is 1. The van der Waals surface area contributed by atoms with Crippen molar-refractivity contribution in [1.29, 1.82) is 0 Å². The summed E-state index contributed by atoms with van der Waals surface area (Å²) < 4.78 is 12.1. The van der Waals surface area contributed by atoms with Crippen LogP contribution in [0.2, 0.25) is 5.04 Å². The standard InChI is InChI=1S/C25H35NO5Si/c1-24(2,3)31-23(29)26(7)21(22(27)28)18-30-32(25(4,5)6,19-14-10-8-11-15-19)20-16-12-9-13-17-20/h8-17,21H,18H2,1-7H3,(H,27,28). The number of carbonyl (C=O) groups excluding carboxylic acids is 1. The molecule has 0 aliphatic heterocycles. The van der Waals surface area contributed by atoms with Crippen LogP contribution in [0.15, 0.2) is 60.7 Å². The third-order valence-corrected chi connectivity index (χ3v) is 10.3. The van der Waals surface area contributed by atoms with Crippen molar-refractivity contribution < 1.29 is 23.9 Å². The van der Waals surface area contributed by atoms with Gasteiger partial charge in [-0.1, -0.05) is 81.4 Å². The molecular weight excluding hydrogens is 422 g/mol. The Morgan fingerprint density at radius 1 is 0.906 bits per heavy atom. The van der Waals surface area contributed by atoms with E-state index in [1.165, 1.54) is 7.05 Å². The summed E-state index contributed by atoms with van der Waals surface area (Å²) in [6, 6.07) is 18.7. The highest BCUT2D eigenvalue weighted by molar-refractivity contribution is 6.99. The fourth-order valence-corrected chi connectivity index (χ4v) is 8.34. The predicted molar refractivity (Wildman–Crippen MR) is 129 cm³/mol. The number of hydrogen-bond acceptors (Lipinski definition) is 4. The second kappa shape index (κ2) is 9.88. The van der Waals surface area contributed by atoms with Gasteiger partial charge in [0.25, 0.3) is 8.32 Å². The van der Waals surface area contributed by atoms with Gasteiger partial charge in [0.1, 0.15) is 5.60 Å². The van der Waals surface area contributed by atoms with Crippen molar-refractivity contribution >= 4 is 30.8 Å². The molecular formula is C25H35NO5Si. The number of carbonyl (C=O) groups is 2. The molecule has 0 saturated carbocycles. The largest absolute Gasteiger partial charge is 0.480 e. The van der Waals surface area contributed by atoms with Gasteiger partial charge in [0.15, 0.2) is 6.04 Å². The van der Waals surface area contributed by atoms with Crippen molar-refractivity contribution in [3.8, 4) is 0 Å². The van der Waals surface area contributed by atoms with Crippen LogP contribution in [-0.2, 0) is 14.0 Å². The molecule has 1 N–H and O–H groups in total. The van der Waals surface area contributed by atoms with Crippen molar-refractivity contribution in [2.75, 3.05) is 13.7 Å². The maximum absolute atomic E-state index is 12.6. The zero-order chi connectivity index (χ0) is 24.2. The summed E-state index contributed by atoms with van der Waals surface area (Å²) in [5.74, 6) is -1.14. The molecule has 0 bridgehead atoms. The second-order valence-electron chi connectivity index (χ2n) is 9.92. The molecule has 1 amide bonds. The molecule has 0 aliphatic carbocycles. The summed E-state index contributed by atoms with van der Waals surface area (Å²) in [5, 5.41) is 11.7. The minimum atomic E-state index is -2.93. The van der Waals surface area contributed by atoms with Crippen LogP contribution in [0.1, 0.15) is 41.5 Å². The summed E-state index contributed by atoms with van der Waals surface area (Å²) in [6.45, 7) is 11.4. The number of hydrogen-bond donors (Lipinski definition) is 1. The van der Waals surface area contributed by atoms with Crippen LogP contribution in [0, 0.1) is 0 Å². The summed E-state index contributed by atoms with van der Waals surface area (Å²) in [5.41, 5.74) is -0.729. The third-order valence-electron chi connectivity index (χ3n) is 5.31. The van der Waals surface area contributed by atoms with Crippen molar-refractivity contribution in [2.24, 2.45) is 0 Å². The molecule has 0 radical (unpaired) electrons. The Morgan fingerprint density at radius 2 is 1.34 bits per heavy atom. The molecule has 0 heterocycles. The van der Waals surface area contributed by atoms with Crippen LogP contribution >= 0.6 is 0 Å². The first-order valence-corrected chi connectivity index (χ1v) is 12.6. The quantitative estimate of drug-likeness (QED) is 0.639. The van der Waals surface area contributed by atoms with E-state index in [2.05, 4.69) is 20.8 Å². The first-order valence-electron chi connectivity index (χ1n) is 10.7. The lowest BCUT2D eigenvalue weighted by molar-refractivity contribution is -0.143. The van der Waals surface area contributed by atoms with E-state index in [4.69, 9.17) is 9.16 Å². The number of rotatable bonds is 7. The smallest absolute Gasteiger partial charge is 0.410 e. The average molecular weight is 458 g/mol. The van der Waals surface area contributed by atoms with E-state index in [1.54, 1.807) is 20.8 Å². The highest BCUT2D eigenvalue weighted by Gasteiger charge is 2.51. The summed E-state index contributed by atoms with van der Waals surface area (Å²) >= 11 is 0. The van der Waals surface area contributed by atoms with Gasteiger partial charge in [-0.2, -0.15) is 0 Å². The van der Waals surface area contributed by atoms with Crippen LogP contribution in [0.4, 0.5) is 4.79 Å². The maximum atomic E-state index is 12.6. The Hall–Kier alpha value is -2.64. The minimum absolute atomic E-state index is 0.154. The van der Waals surface area contributed by atoms with Crippen LogP contribution in [0.5, 0.6) is 0 Å². The van der Waals surface area contributed by atoms with Gasteiger partial charge in [0.2, 0.25) is 0 Å². The predicted octanol–water partition coefficient (Wildman–Crippen LogP) is 3.88. The fraction of sp³-hybridized carbons (Fsp3) is 0.440. The van der Waals surface area contributed by atoms with Crippen molar-refractivity contribution in [3.63, 3.8) is 0 Å². The lowest BCUT2D eigenvalue weighted by Crippen LogP contribution is -2.67. The topological polar surface area (TPSA) is 76.1 Å². The molecule has 2 aromatic carbocycles. The molecule has 7 heteroatoms. The SMILES string of the molecule is CN(C(=O)OC(C)(C)C)C(CO[Si](c1ccccc1)(c1ccccc1)C(C)(C)C)C(=O)O. The molecule has 0 spiro atoms. The van der Waals surface area contributed by atoms with E-state index in [0.29, 0.717) is 0 Å². The normalized spacial score (nSPS) is 13.3. The fourth-order valence-electron chi connectivity index (χ4n) is 3.78. The molecule has 1 unspecified atom stereocenters. The summed E-state index contributed by atoms with van der Waals surface area (Å²) in [4.78, 5) is 25.8. The molecule has 0 fully saturated rings. The Morgan fingerprint density at radius 3 is 1.69 bits per heavy atom. The van der Waals surface area contributed by atoms with E-state index < -0.39 is 32.0 Å². The van der Waals surface area contributed by atoms with Gasteiger partial charge in [-0.15, -0.1) is 0 Å². The number of nitrogens with zero attached hydrogens (tertiary/aromatic N) is 1. The molecule has 6 nitrogen and oxygen atoms in total. The van der Waals surface area contributed by atoms with Crippen LogP contribution in [0.25, 0.3) is 0 Å². The first kappa shape index (κ1) is 25.6. The van der Waals surface area contributed by atoms with Gasteiger partial charge in [-0.05, 0) is 36.2 Å². The van der Waals surface area contributed by atoms with E-state index in [1.807, 2.05) is 60.7 Å². The van der Waals surface area contributed by atoms with Gasteiger partial charge in [-0.25, -0.2) is 9.59 Å². The third kappa shape index (κ3) is 5.78. The lowest BCUT2D eigenvalue weighted by atomic mass is 10.2. The first-order chi connectivity index (χ1) is 14.8. The highest BCUT2D eigenvalue weighted by Crippen LogP contribution is 2.37. The van der Waals surface area contributed by atoms with Gasteiger partial charge in [0, 0.05) is 7.05 Å². The number of likely N-dealkylation sites (N-methyl/N-ethyl adjacent to an activating group) is 1. The van der Waals surface area contributed by atoms with Gasteiger partial charge >= 0.3 is 12.1 Å². The van der Waals surface area contributed by atoms with E-state index >= 15 is 0 Å². The van der Waals surface area contributed by atoms with Crippen LogP contribution < -0.4 is 10.4 Å². The van der Waals surface area contributed by atoms with Crippen molar-refractivity contribution in [2.45, 2.75) is 58.2 Å². The molecule has 1 atom stereocenters. The molecule has 32 heavy (non-hydrogen) atoms. The monoisotopic (exact) mass is 457 g/mol. The number of benzene rings is 2. The number of ether oxygens (including phenoxy) is 1. The number of amides is 1. The molecule has 2 aromatic rings. The average Bonchev–Trinajstić information content (AvgIpc) is 2.69. The summed E-state index contributed by atoms with van der Waals surface area (Å²) in [6.07, 6.45) is -0.698. The van der Waals surface area contributed by atoms with Crippen LogP contribution in [-0.4, -0.2) is 55.7 Å². The Labute approximate surface area is 192 Å². The van der Waals surface area contributed by atoms with Gasteiger partial charge in [0.05, 0.1) is 6.61 Å². The maximum Gasteiger partial charge on any atom is 0.410 e. The summed E-state index contributed by atoms with van der Waals surface area (Å²) in [7, 11) is -1.50. The van der Waals surface area contributed by atoms with E-state index in [0.717, 1.165) is 15.3 Å². The number of carboxylic acid groups (broad SMARTS) is 1. The lowest BCUT2D eigenvalue weighted by Gasteiger charge is -2.44. The van der Waals surface area contributed by atoms with Gasteiger partial charge < -0.3 is 14.3 Å². The molecule has 174 valence electrons. The Bertz CT molecular complexity index is 864. The molecule has 0 aromatic heterocycles. The second-order valence-corrected chi connectivity index (χ2v) is 14.2. The zero-order valence-corrected chi connectivity index (χ0v) is 21.1. The molecule has 2 rings (SSSR count). The highest BCUT2D eigenvalue weighted by atomic mass is 28.4. The Balaban J connectivity index is 2.49. The van der Waals surface area contributed by atoms with E-state index in [-0.39, 0.29) is 11.6 Å². The zero-order valence-electron chi connectivity index (χ0n) is 20.1. The van der Waals surface area contributed by atoms with Crippen molar-refractivity contribution in [3.05, 3.63) is 60.7 Å². The minimum Gasteiger partial charge on any atom is -0.480 e.